The standard InChI is InChI=1S/C19H22N6O2/c1-22-16-4-3-14(13-17(16)23(2)19(22)27)21-18(26)25-11-9-24(10-12-25)15-5-7-20-8-6-15/h3-8,13H,9-12H2,1-2H3,(H,21,26). The number of fused-ring (bicyclic) bond motifs is 1. The molecule has 1 aromatic carbocycles. The van der Waals surface area contributed by atoms with Gasteiger partial charge < -0.3 is 15.1 Å². The Balaban J connectivity index is 1.43. The topological polar surface area (TPSA) is 75.4 Å². The highest BCUT2D eigenvalue weighted by atomic mass is 16.2. The van der Waals surface area contributed by atoms with E-state index in [-0.39, 0.29) is 11.7 Å². The number of nitrogens with one attached hydrogen (secondary N) is 1. The van der Waals surface area contributed by atoms with Crippen molar-refractivity contribution in [2.24, 2.45) is 14.1 Å². The van der Waals surface area contributed by atoms with Crippen molar-refractivity contribution in [2.75, 3.05) is 36.4 Å². The van der Waals surface area contributed by atoms with Crippen LogP contribution in [0.25, 0.3) is 11.0 Å². The van der Waals surface area contributed by atoms with E-state index in [0.29, 0.717) is 18.8 Å². The number of amides is 2. The number of rotatable bonds is 2. The van der Waals surface area contributed by atoms with Crippen molar-refractivity contribution in [3.8, 4) is 0 Å². The van der Waals surface area contributed by atoms with E-state index in [1.54, 1.807) is 35.6 Å². The number of benzene rings is 1. The molecule has 27 heavy (non-hydrogen) atoms. The maximum Gasteiger partial charge on any atom is 0.328 e. The van der Waals surface area contributed by atoms with Crippen LogP contribution in [0.15, 0.2) is 47.5 Å². The quantitative estimate of drug-likeness (QED) is 0.748. The van der Waals surface area contributed by atoms with E-state index < -0.39 is 0 Å². The molecular weight excluding hydrogens is 344 g/mol. The Labute approximate surface area is 156 Å². The van der Waals surface area contributed by atoms with Crippen molar-refractivity contribution in [3.05, 3.63) is 53.2 Å². The van der Waals surface area contributed by atoms with E-state index in [9.17, 15) is 9.59 Å². The molecule has 0 aliphatic carbocycles. The number of nitrogens with zero attached hydrogens (tertiary/aromatic N) is 5. The second-order valence-corrected chi connectivity index (χ2v) is 6.71. The lowest BCUT2D eigenvalue weighted by molar-refractivity contribution is 0.208. The van der Waals surface area contributed by atoms with E-state index in [2.05, 4.69) is 15.2 Å². The number of hydrogen-bond donors (Lipinski definition) is 1. The fourth-order valence-corrected chi connectivity index (χ4v) is 3.51. The molecule has 0 saturated carbocycles. The number of aryl methyl sites for hydroxylation is 2. The summed E-state index contributed by atoms with van der Waals surface area (Å²) in [6.45, 7) is 2.87. The molecule has 0 atom stereocenters. The molecule has 2 aromatic heterocycles. The Morgan fingerprint density at radius 1 is 0.963 bits per heavy atom. The molecule has 1 saturated heterocycles. The zero-order valence-electron chi connectivity index (χ0n) is 15.4. The number of carbonyl (C=O) groups excluding carboxylic acids is 1. The van der Waals surface area contributed by atoms with Crippen LogP contribution in [0.4, 0.5) is 16.2 Å². The Bertz CT molecular complexity index is 1030. The number of aromatic nitrogens is 3. The van der Waals surface area contributed by atoms with E-state index in [4.69, 9.17) is 0 Å². The van der Waals surface area contributed by atoms with Gasteiger partial charge in [-0.15, -0.1) is 0 Å². The molecule has 4 rings (SSSR count). The van der Waals surface area contributed by atoms with Gasteiger partial charge in [0.15, 0.2) is 0 Å². The Kier molecular flexibility index (Phi) is 4.31. The van der Waals surface area contributed by atoms with Crippen molar-refractivity contribution in [1.29, 1.82) is 0 Å². The number of imidazole rings is 1. The van der Waals surface area contributed by atoms with Crippen molar-refractivity contribution in [1.82, 2.24) is 19.0 Å². The van der Waals surface area contributed by atoms with Crippen molar-refractivity contribution < 1.29 is 4.79 Å². The smallest absolute Gasteiger partial charge is 0.328 e. The largest absolute Gasteiger partial charge is 0.368 e. The van der Waals surface area contributed by atoms with Gasteiger partial charge in [-0.2, -0.15) is 0 Å². The van der Waals surface area contributed by atoms with Gasteiger partial charge in [-0.3, -0.25) is 14.1 Å². The summed E-state index contributed by atoms with van der Waals surface area (Å²) in [6.07, 6.45) is 3.56. The second kappa shape index (κ2) is 6.79. The molecule has 1 aliphatic rings. The molecule has 0 unspecified atom stereocenters. The van der Waals surface area contributed by atoms with E-state index in [1.165, 1.54) is 0 Å². The molecule has 140 valence electrons. The normalized spacial score (nSPS) is 14.6. The SMILES string of the molecule is Cn1c(=O)n(C)c2cc(NC(=O)N3CCN(c4ccncc4)CC3)ccc21. The molecule has 1 fully saturated rings. The summed E-state index contributed by atoms with van der Waals surface area (Å²) in [5.74, 6) is 0. The second-order valence-electron chi connectivity index (χ2n) is 6.71. The van der Waals surface area contributed by atoms with Crippen molar-refractivity contribution in [2.45, 2.75) is 0 Å². The summed E-state index contributed by atoms with van der Waals surface area (Å²) < 4.78 is 3.18. The predicted molar refractivity (Wildman–Crippen MR) is 105 cm³/mol. The first-order valence-electron chi connectivity index (χ1n) is 8.91. The molecular formula is C19H22N6O2. The maximum atomic E-state index is 12.6. The van der Waals surface area contributed by atoms with Crippen LogP contribution in [0, 0.1) is 0 Å². The van der Waals surface area contributed by atoms with Gasteiger partial charge in [0.1, 0.15) is 0 Å². The van der Waals surface area contributed by atoms with Gasteiger partial charge in [0.05, 0.1) is 11.0 Å². The first-order chi connectivity index (χ1) is 13.0. The third-order valence-electron chi connectivity index (χ3n) is 5.12. The summed E-state index contributed by atoms with van der Waals surface area (Å²) in [7, 11) is 3.47. The lowest BCUT2D eigenvalue weighted by Gasteiger charge is -2.36. The van der Waals surface area contributed by atoms with Gasteiger partial charge in [0.2, 0.25) is 0 Å². The molecule has 0 spiro atoms. The number of urea groups is 1. The van der Waals surface area contributed by atoms with Gasteiger partial charge in [-0.1, -0.05) is 0 Å². The Morgan fingerprint density at radius 2 is 1.63 bits per heavy atom. The third-order valence-corrected chi connectivity index (χ3v) is 5.12. The van der Waals surface area contributed by atoms with Crippen LogP contribution in [0.1, 0.15) is 0 Å². The molecule has 0 bridgehead atoms. The molecule has 0 radical (unpaired) electrons. The van der Waals surface area contributed by atoms with Crippen LogP contribution in [-0.2, 0) is 14.1 Å². The fraction of sp³-hybridized carbons (Fsp3) is 0.316. The minimum atomic E-state index is -0.121. The number of anilines is 2. The van der Waals surface area contributed by atoms with E-state index in [1.807, 2.05) is 35.2 Å². The van der Waals surface area contributed by atoms with Gasteiger partial charge in [-0.25, -0.2) is 9.59 Å². The van der Waals surface area contributed by atoms with Gasteiger partial charge in [0.25, 0.3) is 0 Å². The van der Waals surface area contributed by atoms with Crippen molar-refractivity contribution in [3.63, 3.8) is 0 Å². The average Bonchev–Trinajstić information content (AvgIpc) is 2.92. The molecule has 1 aliphatic heterocycles. The van der Waals surface area contributed by atoms with Crippen LogP contribution in [-0.4, -0.2) is 51.2 Å². The number of piperazine rings is 1. The van der Waals surface area contributed by atoms with E-state index in [0.717, 1.165) is 29.8 Å². The van der Waals surface area contributed by atoms with Crippen LogP contribution < -0.4 is 15.9 Å². The van der Waals surface area contributed by atoms with Crippen LogP contribution in [0.2, 0.25) is 0 Å². The predicted octanol–water partition coefficient (Wildman–Crippen LogP) is 1.63. The van der Waals surface area contributed by atoms with Crippen LogP contribution >= 0.6 is 0 Å². The van der Waals surface area contributed by atoms with Gasteiger partial charge >= 0.3 is 11.7 Å². The van der Waals surface area contributed by atoms with Crippen LogP contribution in [0.3, 0.4) is 0 Å². The van der Waals surface area contributed by atoms with Crippen LogP contribution in [0.5, 0.6) is 0 Å². The minimum Gasteiger partial charge on any atom is -0.368 e. The highest BCUT2D eigenvalue weighted by molar-refractivity contribution is 5.92. The Morgan fingerprint density at radius 3 is 2.33 bits per heavy atom. The summed E-state index contributed by atoms with van der Waals surface area (Å²) in [5.41, 5.74) is 3.36. The summed E-state index contributed by atoms with van der Waals surface area (Å²) >= 11 is 0. The van der Waals surface area contributed by atoms with E-state index >= 15 is 0 Å². The molecule has 8 heteroatoms. The molecule has 8 nitrogen and oxygen atoms in total. The molecule has 3 heterocycles. The fourth-order valence-electron chi connectivity index (χ4n) is 3.51. The molecule has 3 aromatic rings. The first-order valence-corrected chi connectivity index (χ1v) is 8.91. The summed E-state index contributed by atoms with van der Waals surface area (Å²) in [4.78, 5) is 32.8. The first kappa shape index (κ1) is 17.1. The maximum absolute atomic E-state index is 12.6. The number of carbonyl (C=O) groups is 1. The number of hydrogen-bond acceptors (Lipinski definition) is 4. The lowest BCUT2D eigenvalue weighted by Crippen LogP contribution is -2.50. The Hall–Kier alpha value is -3.29. The monoisotopic (exact) mass is 366 g/mol. The zero-order chi connectivity index (χ0) is 19.0. The lowest BCUT2D eigenvalue weighted by atomic mass is 10.2. The molecule has 1 N–H and O–H groups in total. The summed E-state index contributed by atoms with van der Waals surface area (Å²) in [6, 6.07) is 9.36. The average molecular weight is 366 g/mol. The summed E-state index contributed by atoms with van der Waals surface area (Å²) in [5, 5.41) is 2.95. The highest BCUT2D eigenvalue weighted by Gasteiger charge is 2.21. The third kappa shape index (κ3) is 3.14. The van der Waals surface area contributed by atoms with Crippen molar-refractivity contribution >= 4 is 28.4 Å². The molecule has 2 amide bonds. The van der Waals surface area contributed by atoms with Gasteiger partial charge in [0, 0.05) is 64.0 Å². The zero-order valence-corrected chi connectivity index (χ0v) is 15.4. The van der Waals surface area contributed by atoms with Gasteiger partial charge in [-0.05, 0) is 30.3 Å². The minimum absolute atomic E-state index is 0.0827. The highest BCUT2D eigenvalue weighted by Crippen LogP contribution is 2.19. The number of pyridine rings is 1.